The lowest BCUT2D eigenvalue weighted by molar-refractivity contribution is -0.120. The molecule has 160 valence electrons. The summed E-state index contributed by atoms with van der Waals surface area (Å²) in [6.45, 7) is 0.234. The molecule has 0 radical (unpaired) electrons. The van der Waals surface area contributed by atoms with Gasteiger partial charge in [-0.25, -0.2) is 17.9 Å². The molecule has 0 unspecified atom stereocenters. The second-order valence-electron chi connectivity index (χ2n) is 6.81. The van der Waals surface area contributed by atoms with Crippen LogP contribution >= 0.6 is 0 Å². The Hall–Kier alpha value is -3.56. The molecule has 0 atom stereocenters. The Morgan fingerprint density at radius 1 is 0.903 bits per heavy atom. The molecule has 0 saturated heterocycles. The molecule has 4 N–H and O–H groups in total. The molecule has 0 aromatic heterocycles. The highest BCUT2D eigenvalue weighted by Gasteiger charge is 2.10. The quantitative estimate of drug-likeness (QED) is 0.522. The van der Waals surface area contributed by atoms with E-state index in [1.807, 2.05) is 0 Å². The number of halogens is 1. The highest BCUT2D eigenvalue weighted by molar-refractivity contribution is 7.89. The third-order valence-electron chi connectivity index (χ3n) is 4.38. The van der Waals surface area contributed by atoms with Crippen molar-refractivity contribution in [1.82, 2.24) is 5.32 Å². The lowest BCUT2D eigenvalue weighted by Gasteiger charge is -2.09. The molecule has 3 aromatic rings. The van der Waals surface area contributed by atoms with Crippen LogP contribution in [-0.2, 0) is 27.8 Å². The number of sulfonamides is 1. The molecule has 0 heterocycles. The molecule has 9 heteroatoms. The van der Waals surface area contributed by atoms with Crippen molar-refractivity contribution in [3.05, 3.63) is 95.3 Å². The maximum Gasteiger partial charge on any atom is 0.255 e. The van der Waals surface area contributed by atoms with Crippen LogP contribution in [-0.4, -0.2) is 20.2 Å². The third-order valence-corrected chi connectivity index (χ3v) is 5.31. The first kappa shape index (κ1) is 22.1. The number of anilines is 1. The van der Waals surface area contributed by atoms with Crippen molar-refractivity contribution >= 4 is 27.5 Å². The predicted molar refractivity (Wildman–Crippen MR) is 114 cm³/mol. The number of carbonyl (C=O) groups excluding carboxylic acids is 2. The number of amides is 2. The van der Waals surface area contributed by atoms with Crippen molar-refractivity contribution in [2.24, 2.45) is 5.14 Å². The molecule has 0 aliphatic carbocycles. The van der Waals surface area contributed by atoms with E-state index in [9.17, 15) is 22.4 Å². The molecule has 0 fully saturated rings. The average Bonchev–Trinajstić information content (AvgIpc) is 2.72. The van der Waals surface area contributed by atoms with E-state index in [2.05, 4.69) is 10.6 Å². The van der Waals surface area contributed by atoms with Gasteiger partial charge in [-0.15, -0.1) is 0 Å². The van der Waals surface area contributed by atoms with Gasteiger partial charge in [-0.05, 0) is 53.6 Å². The van der Waals surface area contributed by atoms with Crippen LogP contribution in [0.5, 0.6) is 0 Å². The van der Waals surface area contributed by atoms with Crippen molar-refractivity contribution in [3.63, 3.8) is 0 Å². The highest BCUT2D eigenvalue weighted by Crippen LogP contribution is 2.14. The number of hydrogen-bond acceptors (Lipinski definition) is 4. The average molecular weight is 441 g/mol. The molecular formula is C22H20FN3O4S. The second-order valence-corrected chi connectivity index (χ2v) is 8.37. The van der Waals surface area contributed by atoms with E-state index in [1.54, 1.807) is 24.3 Å². The molecule has 2 amide bonds. The van der Waals surface area contributed by atoms with Crippen LogP contribution in [0.2, 0.25) is 0 Å². The Labute approximate surface area is 179 Å². The molecule has 7 nitrogen and oxygen atoms in total. The first-order chi connectivity index (χ1) is 14.7. The van der Waals surface area contributed by atoms with Gasteiger partial charge in [0.1, 0.15) is 5.82 Å². The van der Waals surface area contributed by atoms with Crippen LogP contribution in [0.4, 0.5) is 10.1 Å². The highest BCUT2D eigenvalue weighted by atomic mass is 32.2. The normalized spacial score (nSPS) is 11.0. The summed E-state index contributed by atoms with van der Waals surface area (Å²) in [6.07, 6.45) is 0.0703. The predicted octanol–water partition coefficient (Wildman–Crippen LogP) is 2.58. The zero-order valence-electron chi connectivity index (χ0n) is 16.3. The number of hydrogen-bond donors (Lipinski definition) is 3. The van der Waals surface area contributed by atoms with Gasteiger partial charge in [-0.2, -0.15) is 0 Å². The minimum Gasteiger partial charge on any atom is -0.352 e. The van der Waals surface area contributed by atoms with Gasteiger partial charge in [0.2, 0.25) is 15.9 Å². The van der Waals surface area contributed by atoms with Gasteiger partial charge in [0.05, 0.1) is 11.3 Å². The van der Waals surface area contributed by atoms with Crippen LogP contribution in [0, 0.1) is 5.82 Å². The molecule has 0 aliphatic rings. The molecule has 0 bridgehead atoms. The van der Waals surface area contributed by atoms with Gasteiger partial charge in [-0.3, -0.25) is 9.59 Å². The van der Waals surface area contributed by atoms with Gasteiger partial charge in [0, 0.05) is 17.8 Å². The number of benzene rings is 3. The zero-order chi connectivity index (χ0) is 22.4. The Kier molecular flexibility index (Phi) is 6.78. The van der Waals surface area contributed by atoms with Gasteiger partial charge in [0.15, 0.2) is 0 Å². The molecule has 0 saturated carbocycles. The topological polar surface area (TPSA) is 118 Å². The third kappa shape index (κ3) is 6.46. The fraction of sp³-hybridized carbons (Fsp3) is 0.0909. The van der Waals surface area contributed by atoms with Crippen molar-refractivity contribution in [1.29, 1.82) is 0 Å². The maximum absolute atomic E-state index is 13.3. The minimum atomic E-state index is -3.78. The summed E-state index contributed by atoms with van der Waals surface area (Å²) >= 11 is 0. The maximum atomic E-state index is 13.3. The number of nitrogens with two attached hydrogens (primary N) is 1. The second kappa shape index (κ2) is 9.50. The van der Waals surface area contributed by atoms with E-state index in [0.717, 1.165) is 11.6 Å². The van der Waals surface area contributed by atoms with E-state index in [4.69, 9.17) is 5.14 Å². The van der Waals surface area contributed by atoms with Gasteiger partial charge in [0.25, 0.3) is 5.91 Å². The Balaban J connectivity index is 1.56. The molecular weight excluding hydrogens is 421 g/mol. The van der Waals surface area contributed by atoms with E-state index in [-0.39, 0.29) is 29.3 Å². The van der Waals surface area contributed by atoms with Crippen molar-refractivity contribution < 1.29 is 22.4 Å². The van der Waals surface area contributed by atoms with Crippen LogP contribution in [0.15, 0.2) is 77.7 Å². The largest absolute Gasteiger partial charge is 0.352 e. The van der Waals surface area contributed by atoms with Gasteiger partial charge in [-0.1, -0.05) is 30.3 Å². The van der Waals surface area contributed by atoms with Crippen LogP contribution in [0.3, 0.4) is 0 Å². The number of rotatable bonds is 7. The zero-order valence-corrected chi connectivity index (χ0v) is 17.2. The summed E-state index contributed by atoms with van der Waals surface area (Å²) in [5.41, 5.74) is 2.11. The lowest BCUT2D eigenvalue weighted by Crippen LogP contribution is -2.24. The molecule has 31 heavy (non-hydrogen) atoms. The molecule has 0 aliphatic heterocycles. The summed E-state index contributed by atoms with van der Waals surface area (Å²) in [4.78, 5) is 24.4. The molecule has 3 rings (SSSR count). The van der Waals surface area contributed by atoms with Crippen molar-refractivity contribution in [2.45, 2.75) is 17.9 Å². The van der Waals surface area contributed by atoms with Gasteiger partial charge < -0.3 is 10.6 Å². The summed E-state index contributed by atoms with van der Waals surface area (Å²) in [6, 6.07) is 18.1. The van der Waals surface area contributed by atoms with Crippen molar-refractivity contribution in [3.8, 4) is 0 Å². The summed E-state index contributed by atoms with van der Waals surface area (Å²) in [7, 11) is -3.78. The van der Waals surface area contributed by atoms with E-state index in [0.29, 0.717) is 11.3 Å². The monoisotopic (exact) mass is 441 g/mol. The summed E-state index contributed by atoms with van der Waals surface area (Å²) in [5, 5.41) is 10.5. The summed E-state index contributed by atoms with van der Waals surface area (Å²) < 4.78 is 35.8. The lowest BCUT2D eigenvalue weighted by atomic mass is 10.1. The number of nitrogens with one attached hydrogen (secondary N) is 2. The smallest absolute Gasteiger partial charge is 0.255 e. The number of primary sulfonamides is 1. The standard InChI is InChI=1S/C22H20FN3O4S/c23-18-5-2-4-17(13-18)22(28)26-19-6-1-3-16(11-19)14-25-21(27)12-15-7-9-20(10-8-15)31(24,29)30/h1-11,13H,12,14H2,(H,25,27)(H,26,28)(H2,24,29,30). The fourth-order valence-corrected chi connectivity index (χ4v) is 3.35. The molecule has 3 aromatic carbocycles. The van der Waals surface area contributed by atoms with E-state index in [1.165, 1.54) is 42.5 Å². The summed E-state index contributed by atoms with van der Waals surface area (Å²) in [5.74, 6) is -1.19. The van der Waals surface area contributed by atoms with Gasteiger partial charge >= 0.3 is 0 Å². The Morgan fingerprint density at radius 2 is 1.61 bits per heavy atom. The Bertz CT molecular complexity index is 1210. The first-order valence-electron chi connectivity index (χ1n) is 9.25. The first-order valence-corrected chi connectivity index (χ1v) is 10.8. The Morgan fingerprint density at radius 3 is 2.29 bits per heavy atom. The van der Waals surface area contributed by atoms with E-state index >= 15 is 0 Å². The molecule has 0 spiro atoms. The van der Waals surface area contributed by atoms with E-state index < -0.39 is 21.7 Å². The SMILES string of the molecule is NS(=O)(=O)c1ccc(CC(=O)NCc2cccc(NC(=O)c3cccc(F)c3)c2)cc1. The fourth-order valence-electron chi connectivity index (χ4n) is 2.84. The number of carbonyl (C=O) groups is 2. The van der Waals surface area contributed by atoms with Crippen molar-refractivity contribution in [2.75, 3.05) is 5.32 Å². The minimum absolute atomic E-state index is 0.0197. The van der Waals surface area contributed by atoms with Crippen LogP contribution in [0.1, 0.15) is 21.5 Å². The van der Waals surface area contributed by atoms with Crippen LogP contribution in [0.25, 0.3) is 0 Å². The van der Waals surface area contributed by atoms with Crippen LogP contribution < -0.4 is 15.8 Å².